The van der Waals surface area contributed by atoms with E-state index < -0.39 is 0 Å². The van der Waals surface area contributed by atoms with Crippen LogP contribution < -0.4 is 14.8 Å². The summed E-state index contributed by atoms with van der Waals surface area (Å²) in [6.07, 6.45) is 2.59. The Hall–Kier alpha value is -2.50. The molecule has 0 radical (unpaired) electrons. The van der Waals surface area contributed by atoms with Crippen molar-refractivity contribution in [3.63, 3.8) is 0 Å². The Balaban J connectivity index is 1.65. The van der Waals surface area contributed by atoms with E-state index in [1.165, 1.54) is 12.6 Å². The molecule has 0 saturated carbocycles. The van der Waals surface area contributed by atoms with E-state index in [4.69, 9.17) is 13.9 Å². The first-order valence-electron chi connectivity index (χ1n) is 5.38. The first kappa shape index (κ1) is 10.6. The highest BCUT2D eigenvalue weighted by atomic mass is 16.7. The fraction of sp³-hybridized carbons (Fsp3) is 0.167. The zero-order valence-electron chi connectivity index (χ0n) is 9.38. The van der Waals surface area contributed by atoms with Crippen molar-refractivity contribution in [1.82, 2.24) is 10.3 Å². The average Bonchev–Trinajstić information content (AvgIpc) is 3.05. The molecule has 2 aromatic rings. The van der Waals surface area contributed by atoms with E-state index in [1.54, 1.807) is 0 Å². The van der Waals surface area contributed by atoms with Gasteiger partial charge in [0.05, 0.1) is 6.20 Å². The van der Waals surface area contributed by atoms with Gasteiger partial charge in [0.2, 0.25) is 12.6 Å². The molecule has 2 heterocycles. The Morgan fingerprint density at radius 3 is 3.06 bits per heavy atom. The SMILES string of the molecule is O=C(NCc1ccc2c(c1)OCO2)c1cnco1. The van der Waals surface area contributed by atoms with E-state index in [0.717, 1.165) is 11.3 Å². The van der Waals surface area contributed by atoms with Crippen LogP contribution in [0.2, 0.25) is 0 Å². The van der Waals surface area contributed by atoms with Gasteiger partial charge in [-0.15, -0.1) is 0 Å². The van der Waals surface area contributed by atoms with E-state index in [1.807, 2.05) is 18.2 Å². The number of nitrogens with zero attached hydrogens (tertiary/aromatic N) is 1. The molecule has 1 amide bonds. The topological polar surface area (TPSA) is 73.6 Å². The highest BCUT2D eigenvalue weighted by Crippen LogP contribution is 2.32. The lowest BCUT2D eigenvalue weighted by Crippen LogP contribution is -2.22. The van der Waals surface area contributed by atoms with Gasteiger partial charge in [0.25, 0.3) is 5.91 Å². The van der Waals surface area contributed by atoms with Crippen LogP contribution in [0.5, 0.6) is 11.5 Å². The Morgan fingerprint density at radius 1 is 1.33 bits per heavy atom. The quantitative estimate of drug-likeness (QED) is 0.884. The molecule has 1 N–H and O–H groups in total. The number of aromatic nitrogens is 1. The van der Waals surface area contributed by atoms with Crippen LogP contribution in [0, 0.1) is 0 Å². The summed E-state index contributed by atoms with van der Waals surface area (Å²) in [7, 11) is 0. The number of ether oxygens (including phenoxy) is 2. The number of amides is 1. The van der Waals surface area contributed by atoms with Crippen LogP contribution in [-0.4, -0.2) is 17.7 Å². The van der Waals surface area contributed by atoms with Crippen LogP contribution in [0.4, 0.5) is 0 Å². The molecule has 0 atom stereocenters. The van der Waals surface area contributed by atoms with E-state index in [2.05, 4.69) is 10.3 Å². The first-order valence-corrected chi connectivity index (χ1v) is 5.38. The van der Waals surface area contributed by atoms with E-state index in [0.29, 0.717) is 12.3 Å². The van der Waals surface area contributed by atoms with Gasteiger partial charge in [-0.3, -0.25) is 4.79 Å². The number of fused-ring (bicyclic) bond motifs is 1. The van der Waals surface area contributed by atoms with Crippen LogP contribution in [-0.2, 0) is 6.54 Å². The minimum absolute atomic E-state index is 0.191. The molecule has 0 aliphatic carbocycles. The molecule has 6 heteroatoms. The molecule has 1 aromatic heterocycles. The standard InChI is InChI=1S/C12H10N2O4/c15-12(11-5-13-6-16-11)14-4-8-1-2-9-10(3-8)18-7-17-9/h1-3,5-6H,4,7H2,(H,14,15). The lowest BCUT2D eigenvalue weighted by atomic mass is 10.2. The molecule has 1 aromatic carbocycles. The molecule has 1 aliphatic heterocycles. The molecule has 0 unspecified atom stereocenters. The summed E-state index contributed by atoms with van der Waals surface area (Å²) in [5.41, 5.74) is 0.923. The number of hydrogen-bond donors (Lipinski definition) is 1. The largest absolute Gasteiger partial charge is 0.454 e. The Morgan fingerprint density at radius 2 is 2.22 bits per heavy atom. The molecule has 0 fully saturated rings. The van der Waals surface area contributed by atoms with Gasteiger partial charge in [-0.2, -0.15) is 0 Å². The number of benzene rings is 1. The molecular weight excluding hydrogens is 236 g/mol. The summed E-state index contributed by atoms with van der Waals surface area (Å²) < 4.78 is 15.3. The molecular formula is C12H10N2O4. The van der Waals surface area contributed by atoms with Crippen molar-refractivity contribution in [1.29, 1.82) is 0 Å². The molecule has 18 heavy (non-hydrogen) atoms. The Labute approximate surface area is 103 Å². The smallest absolute Gasteiger partial charge is 0.288 e. The summed E-state index contributed by atoms with van der Waals surface area (Å²) in [6.45, 7) is 0.624. The summed E-state index contributed by atoms with van der Waals surface area (Å²) >= 11 is 0. The van der Waals surface area contributed by atoms with Gasteiger partial charge in [-0.05, 0) is 17.7 Å². The summed E-state index contributed by atoms with van der Waals surface area (Å²) in [4.78, 5) is 15.3. The first-order chi connectivity index (χ1) is 8.83. The van der Waals surface area contributed by atoms with Crippen molar-refractivity contribution in [2.24, 2.45) is 0 Å². The predicted octanol–water partition coefficient (Wildman–Crippen LogP) is 1.33. The van der Waals surface area contributed by atoms with Gasteiger partial charge < -0.3 is 19.2 Å². The molecule has 6 nitrogen and oxygen atoms in total. The zero-order chi connectivity index (χ0) is 12.4. The minimum atomic E-state index is -0.301. The number of oxazole rings is 1. The average molecular weight is 246 g/mol. The van der Waals surface area contributed by atoms with Gasteiger partial charge in [0.1, 0.15) is 0 Å². The molecule has 92 valence electrons. The molecule has 1 aliphatic rings. The summed E-state index contributed by atoms with van der Waals surface area (Å²) in [5.74, 6) is 1.31. The van der Waals surface area contributed by atoms with Gasteiger partial charge in [-0.25, -0.2) is 4.98 Å². The van der Waals surface area contributed by atoms with Crippen LogP contribution in [0.3, 0.4) is 0 Å². The summed E-state index contributed by atoms with van der Waals surface area (Å²) in [5, 5.41) is 2.72. The lowest BCUT2D eigenvalue weighted by molar-refractivity contribution is 0.0923. The molecule has 3 rings (SSSR count). The van der Waals surface area contributed by atoms with Crippen molar-refractivity contribution in [3.05, 3.63) is 42.1 Å². The number of rotatable bonds is 3. The van der Waals surface area contributed by atoms with Gasteiger partial charge in [-0.1, -0.05) is 6.07 Å². The maximum atomic E-state index is 11.6. The predicted molar refractivity (Wildman–Crippen MR) is 60.2 cm³/mol. The third kappa shape index (κ3) is 2.00. The van der Waals surface area contributed by atoms with Crippen molar-refractivity contribution in [3.8, 4) is 11.5 Å². The normalized spacial score (nSPS) is 12.4. The third-order valence-electron chi connectivity index (χ3n) is 2.55. The second-order valence-electron chi connectivity index (χ2n) is 3.74. The highest BCUT2D eigenvalue weighted by molar-refractivity contribution is 5.90. The fourth-order valence-corrected chi connectivity index (χ4v) is 1.65. The maximum Gasteiger partial charge on any atom is 0.288 e. The van der Waals surface area contributed by atoms with Crippen molar-refractivity contribution < 1.29 is 18.7 Å². The number of carbonyl (C=O) groups excluding carboxylic acids is 1. The monoisotopic (exact) mass is 246 g/mol. The minimum Gasteiger partial charge on any atom is -0.454 e. The van der Waals surface area contributed by atoms with Crippen LogP contribution in [0.1, 0.15) is 16.1 Å². The van der Waals surface area contributed by atoms with Gasteiger partial charge in [0.15, 0.2) is 17.9 Å². The van der Waals surface area contributed by atoms with Crippen molar-refractivity contribution in [2.75, 3.05) is 6.79 Å². The van der Waals surface area contributed by atoms with Crippen molar-refractivity contribution in [2.45, 2.75) is 6.54 Å². The Bertz CT molecular complexity index is 565. The fourth-order valence-electron chi connectivity index (χ4n) is 1.65. The Kier molecular flexibility index (Phi) is 2.60. The molecule has 0 bridgehead atoms. The van der Waals surface area contributed by atoms with Crippen LogP contribution >= 0.6 is 0 Å². The summed E-state index contributed by atoms with van der Waals surface area (Å²) in [6, 6.07) is 5.52. The highest BCUT2D eigenvalue weighted by Gasteiger charge is 2.14. The third-order valence-corrected chi connectivity index (χ3v) is 2.55. The van der Waals surface area contributed by atoms with Crippen LogP contribution in [0.15, 0.2) is 35.2 Å². The second kappa shape index (κ2) is 4.40. The number of hydrogen-bond acceptors (Lipinski definition) is 5. The number of nitrogens with one attached hydrogen (secondary N) is 1. The van der Waals surface area contributed by atoms with E-state index in [9.17, 15) is 4.79 Å². The second-order valence-corrected chi connectivity index (χ2v) is 3.74. The zero-order valence-corrected chi connectivity index (χ0v) is 9.38. The van der Waals surface area contributed by atoms with Gasteiger partial charge in [0, 0.05) is 6.54 Å². The molecule has 0 spiro atoms. The van der Waals surface area contributed by atoms with Crippen molar-refractivity contribution >= 4 is 5.91 Å². The molecule has 0 saturated heterocycles. The maximum absolute atomic E-state index is 11.6. The van der Waals surface area contributed by atoms with Crippen LogP contribution in [0.25, 0.3) is 0 Å². The van der Waals surface area contributed by atoms with E-state index >= 15 is 0 Å². The lowest BCUT2D eigenvalue weighted by Gasteiger charge is -2.04. The van der Waals surface area contributed by atoms with Gasteiger partial charge >= 0.3 is 0 Å². The van der Waals surface area contributed by atoms with E-state index in [-0.39, 0.29) is 18.5 Å². The number of carbonyl (C=O) groups is 1.